The molecule has 0 rings (SSSR count). The zero-order chi connectivity index (χ0) is 16.1. The summed E-state index contributed by atoms with van der Waals surface area (Å²) in [4.78, 5) is 0. The average molecular weight is 303 g/mol. The molecule has 0 aliphatic heterocycles. The molecule has 0 spiro atoms. The third-order valence-corrected chi connectivity index (χ3v) is 7.86. The van der Waals surface area contributed by atoms with Gasteiger partial charge in [0.1, 0.15) is 0 Å². The van der Waals surface area contributed by atoms with Gasteiger partial charge in [-0.25, -0.2) is 0 Å². The predicted molar refractivity (Wildman–Crippen MR) is 89.8 cm³/mol. The van der Waals surface area contributed by atoms with Crippen molar-refractivity contribution in [3.05, 3.63) is 0 Å². The summed E-state index contributed by atoms with van der Waals surface area (Å²) in [5, 5.41) is 10.0. The van der Waals surface area contributed by atoms with E-state index in [4.69, 9.17) is 4.52 Å². The van der Waals surface area contributed by atoms with Gasteiger partial charge in [-0.2, -0.15) is 0 Å². The SMILES string of the molecule is CCO[PH](C#N)(N(C(C)C)C(C)C)N(C(C)C)C(C)C. The second-order valence-electron chi connectivity index (χ2n) is 6.34. The van der Waals surface area contributed by atoms with E-state index in [1.165, 1.54) is 0 Å². The van der Waals surface area contributed by atoms with Gasteiger partial charge in [-0.3, -0.25) is 0 Å². The van der Waals surface area contributed by atoms with Crippen LogP contribution in [0.5, 0.6) is 0 Å². The fraction of sp³-hybridized carbons (Fsp3) is 0.933. The number of hydrogen-bond donors (Lipinski definition) is 0. The van der Waals surface area contributed by atoms with Crippen LogP contribution in [0.3, 0.4) is 0 Å². The molecule has 0 atom stereocenters. The van der Waals surface area contributed by atoms with Crippen molar-refractivity contribution in [3.63, 3.8) is 0 Å². The molecule has 0 radical (unpaired) electrons. The minimum absolute atomic E-state index is 0.285. The third kappa shape index (κ3) is 4.15. The van der Waals surface area contributed by atoms with Crippen LogP contribution < -0.4 is 0 Å². The summed E-state index contributed by atoms with van der Waals surface area (Å²) in [6, 6.07) is 1.14. The Balaban J connectivity index is 5.99. The molecule has 120 valence electrons. The molecule has 0 amide bonds. The van der Waals surface area contributed by atoms with Gasteiger partial charge in [0.25, 0.3) is 0 Å². The molecule has 0 N–H and O–H groups in total. The van der Waals surface area contributed by atoms with E-state index in [0.29, 0.717) is 6.61 Å². The first kappa shape index (κ1) is 19.8. The Morgan fingerprint density at radius 2 is 1.15 bits per heavy atom. The van der Waals surface area contributed by atoms with E-state index in [2.05, 4.69) is 70.5 Å². The first-order valence-electron chi connectivity index (χ1n) is 7.77. The van der Waals surface area contributed by atoms with Crippen molar-refractivity contribution in [3.8, 4) is 5.81 Å². The molecule has 0 aromatic rings. The van der Waals surface area contributed by atoms with Crippen molar-refractivity contribution in [2.75, 3.05) is 6.61 Å². The summed E-state index contributed by atoms with van der Waals surface area (Å²) in [6.07, 6.45) is 0. The van der Waals surface area contributed by atoms with Crippen LogP contribution >= 0.6 is 7.79 Å². The fourth-order valence-corrected chi connectivity index (χ4v) is 7.29. The summed E-state index contributed by atoms with van der Waals surface area (Å²) in [5.41, 5.74) is 0. The first-order valence-corrected chi connectivity index (χ1v) is 9.57. The van der Waals surface area contributed by atoms with E-state index in [9.17, 15) is 5.26 Å². The van der Waals surface area contributed by atoms with Gasteiger partial charge in [0.2, 0.25) is 0 Å². The third-order valence-electron chi connectivity index (χ3n) is 3.42. The molecular weight excluding hydrogens is 269 g/mol. The van der Waals surface area contributed by atoms with Crippen LogP contribution in [0.1, 0.15) is 62.3 Å². The van der Waals surface area contributed by atoms with Crippen LogP contribution in [-0.2, 0) is 4.52 Å². The average Bonchev–Trinajstić information content (AvgIpc) is 2.26. The molecule has 0 aliphatic rings. The topological polar surface area (TPSA) is 39.5 Å². The van der Waals surface area contributed by atoms with Crippen LogP contribution in [-0.4, -0.2) is 40.1 Å². The second-order valence-corrected chi connectivity index (χ2v) is 9.10. The molecule has 0 unspecified atom stereocenters. The summed E-state index contributed by atoms with van der Waals surface area (Å²) >= 11 is 0. The summed E-state index contributed by atoms with van der Waals surface area (Å²) < 4.78 is 10.8. The van der Waals surface area contributed by atoms with Gasteiger partial charge in [-0.15, -0.1) is 0 Å². The van der Waals surface area contributed by atoms with Gasteiger partial charge < -0.3 is 0 Å². The summed E-state index contributed by atoms with van der Waals surface area (Å²) in [6.45, 7) is 19.8. The maximum atomic E-state index is 10.0. The van der Waals surface area contributed by atoms with Crippen molar-refractivity contribution in [2.45, 2.75) is 86.5 Å². The normalized spacial score (nSPS) is 14.1. The Morgan fingerprint density at radius 1 is 0.850 bits per heavy atom. The quantitative estimate of drug-likeness (QED) is 0.629. The van der Waals surface area contributed by atoms with Crippen molar-refractivity contribution < 1.29 is 4.52 Å². The van der Waals surface area contributed by atoms with Gasteiger partial charge in [0, 0.05) is 0 Å². The van der Waals surface area contributed by atoms with E-state index in [1.54, 1.807) is 0 Å². The van der Waals surface area contributed by atoms with E-state index < -0.39 is 7.79 Å². The maximum absolute atomic E-state index is 10.0. The molecule has 0 aromatic carbocycles. The molecule has 0 saturated heterocycles. The van der Waals surface area contributed by atoms with Crippen LogP contribution in [0.4, 0.5) is 0 Å². The standard InChI is InChI=1S/C15H34N3OP/c1-10-19-20(11-16,17(12(2)3)13(4)5)18(14(6)7)15(8)9/h12-15,20H,10H2,1-9H3. The Labute approximate surface area is 126 Å². The molecule has 5 heteroatoms. The monoisotopic (exact) mass is 303 g/mol. The molecule has 20 heavy (non-hydrogen) atoms. The van der Waals surface area contributed by atoms with Crippen LogP contribution in [0.2, 0.25) is 0 Å². The zero-order valence-electron chi connectivity index (χ0n) is 14.8. The van der Waals surface area contributed by atoms with E-state index >= 15 is 0 Å². The zero-order valence-corrected chi connectivity index (χ0v) is 15.8. The van der Waals surface area contributed by atoms with E-state index in [0.717, 1.165) is 0 Å². The van der Waals surface area contributed by atoms with Crippen LogP contribution in [0.15, 0.2) is 0 Å². The van der Waals surface area contributed by atoms with Gasteiger partial charge in [0.05, 0.1) is 0 Å². The second kappa shape index (κ2) is 8.29. The summed E-state index contributed by atoms with van der Waals surface area (Å²) in [5.74, 6) is 2.61. The van der Waals surface area contributed by atoms with Gasteiger partial charge in [-0.05, 0) is 0 Å². The molecule has 4 nitrogen and oxygen atoms in total. The van der Waals surface area contributed by atoms with Gasteiger partial charge >= 0.3 is 126 Å². The summed E-state index contributed by atoms with van der Waals surface area (Å²) in [7, 11) is -2.81. The molecule has 0 fully saturated rings. The Bertz CT molecular complexity index is 288. The van der Waals surface area contributed by atoms with Crippen molar-refractivity contribution in [2.24, 2.45) is 0 Å². The number of rotatable bonds is 8. The Hall–Kier alpha value is -0.200. The van der Waals surface area contributed by atoms with Crippen molar-refractivity contribution in [1.29, 1.82) is 5.26 Å². The molecule has 0 aromatic heterocycles. The van der Waals surface area contributed by atoms with Crippen LogP contribution in [0, 0.1) is 11.1 Å². The predicted octanol–water partition coefficient (Wildman–Crippen LogP) is 4.24. The molecule has 0 aliphatic carbocycles. The number of nitriles is 1. The number of nitrogens with zero attached hydrogens (tertiary/aromatic N) is 3. The van der Waals surface area contributed by atoms with Crippen molar-refractivity contribution in [1.82, 2.24) is 9.34 Å². The van der Waals surface area contributed by atoms with Crippen molar-refractivity contribution >= 4 is 7.79 Å². The van der Waals surface area contributed by atoms with Crippen LogP contribution in [0.25, 0.3) is 0 Å². The van der Waals surface area contributed by atoms with E-state index in [-0.39, 0.29) is 24.2 Å². The fourth-order valence-electron chi connectivity index (χ4n) is 3.22. The van der Waals surface area contributed by atoms with Gasteiger partial charge in [-0.1, -0.05) is 0 Å². The molecular formula is C15H34N3OP. The first-order chi connectivity index (χ1) is 9.15. The molecule has 0 saturated carbocycles. The van der Waals surface area contributed by atoms with E-state index in [1.807, 2.05) is 6.92 Å². The minimum atomic E-state index is -2.81. The molecule has 0 bridgehead atoms. The number of hydrogen-bond acceptors (Lipinski definition) is 4. The van der Waals surface area contributed by atoms with Gasteiger partial charge in [0.15, 0.2) is 0 Å². The Kier molecular flexibility index (Phi) is 8.21. The Morgan fingerprint density at radius 3 is 1.30 bits per heavy atom. The molecule has 0 heterocycles.